The number of benzene rings is 1. The van der Waals surface area contributed by atoms with Gasteiger partial charge in [0.15, 0.2) is 6.61 Å². The van der Waals surface area contributed by atoms with Crippen LogP contribution < -0.4 is 10.1 Å². The minimum Gasteiger partial charge on any atom is -0.484 e. The smallest absolute Gasteiger partial charge is 0.305 e. The van der Waals surface area contributed by atoms with Gasteiger partial charge in [-0.1, -0.05) is 0 Å². The second-order valence-electron chi connectivity index (χ2n) is 4.85. The summed E-state index contributed by atoms with van der Waals surface area (Å²) in [6.45, 7) is 3.67. The van der Waals surface area contributed by atoms with E-state index in [9.17, 15) is 19.3 Å². The lowest BCUT2D eigenvalue weighted by Gasteiger charge is -2.31. The molecule has 114 valence electrons. The van der Waals surface area contributed by atoms with Crippen LogP contribution in [0.1, 0.15) is 6.92 Å². The largest absolute Gasteiger partial charge is 0.484 e. The molecule has 1 atom stereocenters. The van der Waals surface area contributed by atoms with Crippen LogP contribution in [-0.4, -0.2) is 48.0 Å². The van der Waals surface area contributed by atoms with E-state index in [0.29, 0.717) is 13.1 Å². The quantitative estimate of drug-likeness (QED) is 0.660. The molecule has 0 aromatic heterocycles. The average Bonchev–Trinajstić information content (AvgIpc) is 2.44. The molecule has 0 radical (unpaired) electrons. The summed E-state index contributed by atoms with van der Waals surface area (Å²) >= 11 is 0. The van der Waals surface area contributed by atoms with Gasteiger partial charge in [-0.15, -0.1) is 0 Å². The van der Waals surface area contributed by atoms with Crippen molar-refractivity contribution in [3.05, 3.63) is 34.1 Å². The first-order chi connectivity index (χ1) is 9.97. The Morgan fingerprint density at radius 3 is 3.00 bits per heavy atom. The molecule has 7 nitrogen and oxygen atoms in total. The number of rotatable bonds is 4. The molecular weight excluding hydrogens is 281 g/mol. The molecule has 21 heavy (non-hydrogen) atoms. The standard InChI is InChI=1S/C13H16FN3O4/c1-9-7-16(5-4-15-9)13(18)8-21-10-2-3-12(17(19)20)11(14)6-10/h2-3,6,9,15H,4-5,7-8H2,1H3. The third kappa shape index (κ3) is 3.88. The molecule has 1 unspecified atom stereocenters. The molecule has 1 heterocycles. The number of ether oxygens (including phenoxy) is 1. The topological polar surface area (TPSA) is 84.7 Å². The van der Waals surface area contributed by atoms with Crippen molar-refractivity contribution in [3.8, 4) is 5.75 Å². The van der Waals surface area contributed by atoms with Gasteiger partial charge in [0.1, 0.15) is 5.75 Å². The zero-order valence-electron chi connectivity index (χ0n) is 11.5. The summed E-state index contributed by atoms with van der Waals surface area (Å²) in [4.78, 5) is 23.3. The molecule has 1 amide bonds. The van der Waals surface area contributed by atoms with E-state index in [4.69, 9.17) is 4.74 Å². The van der Waals surface area contributed by atoms with Gasteiger partial charge in [-0.05, 0) is 13.0 Å². The predicted molar refractivity (Wildman–Crippen MR) is 72.6 cm³/mol. The molecule has 0 bridgehead atoms. The lowest BCUT2D eigenvalue weighted by Crippen LogP contribution is -2.52. The Bertz CT molecular complexity index is 552. The highest BCUT2D eigenvalue weighted by Gasteiger charge is 2.21. The third-order valence-electron chi connectivity index (χ3n) is 3.20. The highest BCUT2D eigenvalue weighted by Crippen LogP contribution is 2.22. The average molecular weight is 297 g/mol. The van der Waals surface area contributed by atoms with Gasteiger partial charge >= 0.3 is 5.69 Å². The molecule has 0 aliphatic carbocycles. The maximum Gasteiger partial charge on any atom is 0.305 e. The molecule has 1 aromatic rings. The Morgan fingerprint density at radius 1 is 1.62 bits per heavy atom. The Morgan fingerprint density at radius 2 is 2.38 bits per heavy atom. The number of carbonyl (C=O) groups is 1. The van der Waals surface area contributed by atoms with Crippen molar-refractivity contribution in [2.45, 2.75) is 13.0 Å². The minimum atomic E-state index is -0.985. The molecule has 1 aliphatic rings. The lowest BCUT2D eigenvalue weighted by molar-refractivity contribution is -0.387. The van der Waals surface area contributed by atoms with Crippen LogP contribution in [0.4, 0.5) is 10.1 Å². The van der Waals surface area contributed by atoms with Gasteiger partial charge in [0.05, 0.1) is 4.92 Å². The summed E-state index contributed by atoms with van der Waals surface area (Å²) < 4.78 is 18.6. The van der Waals surface area contributed by atoms with E-state index in [0.717, 1.165) is 18.7 Å². The van der Waals surface area contributed by atoms with E-state index in [1.807, 2.05) is 6.92 Å². The Hall–Kier alpha value is -2.22. The highest BCUT2D eigenvalue weighted by atomic mass is 19.1. The molecule has 1 aliphatic heterocycles. The first-order valence-electron chi connectivity index (χ1n) is 6.55. The van der Waals surface area contributed by atoms with Crippen molar-refractivity contribution in [2.75, 3.05) is 26.2 Å². The number of carbonyl (C=O) groups excluding carboxylic acids is 1. The van der Waals surface area contributed by atoms with Crippen LogP contribution in [0, 0.1) is 15.9 Å². The summed E-state index contributed by atoms with van der Waals surface area (Å²) in [6, 6.07) is 3.42. The molecule has 0 saturated carbocycles. The molecule has 1 fully saturated rings. The second kappa shape index (κ2) is 6.49. The number of halogens is 1. The van der Waals surface area contributed by atoms with Crippen LogP contribution in [0.3, 0.4) is 0 Å². The molecule has 1 aromatic carbocycles. The van der Waals surface area contributed by atoms with Crippen LogP contribution >= 0.6 is 0 Å². The third-order valence-corrected chi connectivity index (χ3v) is 3.20. The monoisotopic (exact) mass is 297 g/mol. The van der Waals surface area contributed by atoms with E-state index in [2.05, 4.69) is 5.32 Å². The van der Waals surface area contributed by atoms with Crippen molar-refractivity contribution < 1.29 is 18.8 Å². The molecule has 1 saturated heterocycles. The number of nitrogens with one attached hydrogen (secondary N) is 1. The van der Waals surface area contributed by atoms with E-state index in [-0.39, 0.29) is 24.3 Å². The maximum atomic E-state index is 13.4. The van der Waals surface area contributed by atoms with E-state index >= 15 is 0 Å². The van der Waals surface area contributed by atoms with E-state index < -0.39 is 16.4 Å². The van der Waals surface area contributed by atoms with Gasteiger partial charge in [0.25, 0.3) is 5.91 Å². The van der Waals surface area contributed by atoms with Crippen molar-refractivity contribution in [3.63, 3.8) is 0 Å². The first kappa shape index (κ1) is 15.2. The lowest BCUT2D eigenvalue weighted by atomic mass is 10.2. The minimum absolute atomic E-state index is 0.0923. The van der Waals surface area contributed by atoms with Gasteiger partial charge in [0.2, 0.25) is 5.82 Å². The van der Waals surface area contributed by atoms with Crippen LogP contribution in [0.15, 0.2) is 18.2 Å². The summed E-state index contributed by atoms with van der Waals surface area (Å²) in [6.07, 6.45) is 0. The van der Waals surface area contributed by atoms with Gasteiger partial charge in [-0.25, -0.2) is 0 Å². The van der Waals surface area contributed by atoms with Crippen molar-refractivity contribution >= 4 is 11.6 Å². The molecule has 8 heteroatoms. The number of hydrogen-bond donors (Lipinski definition) is 1. The predicted octanol–water partition coefficient (Wildman–Crippen LogP) is 0.933. The van der Waals surface area contributed by atoms with Crippen LogP contribution in [0.25, 0.3) is 0 Å². The van der Waals surface area contributed by atoms with Gasteiger partial charge < -0.3 is 15.0 Å². The van der Waals surface area contributed by atoms with Gasteiger partial charge in [0, 0.05) is 37.8 Å². The zero-order valence-corrected chi connectivity index (χ0v) is 11.5. The zero-order chi connectivity index (χ0) is 15.4. The summed E-state index contributed by atoms with van der Waals surface area (Å²) in [5.41, 5.74) is -0.621. The number of hydrogen-bond acceptors (Lipinski definition) is 5. The summed E-state index contributed by atoms with van der Waals surface area (Å²) in [5.74, 6) is -1.09. The Balaban J connectivity index is 1.92. The Kier molecular flexibility index (Phi) is 4.69. The normalized spacial score (nSPS) is 18.4. The molecular formula is C13H16FN3O4. The SMILES string of the molecule is CC1CN(C(=O)COc2ccc([N+](=O)[O-])c(F)c2)CCN1. The fraction of sp³-hybridized carbons (Fsp3) is 0.462. The number of piperazine rings is 1. The molecule has 0 spiro atoms. The fourth-order valence-electron chi connectivity index (χ4n) is 2.12. The number of nitro benzene ring substituents is 1. The fourth-order valence-corrected chi connectivity index (χ4v) is 2.12. The van der Waals surface area contributed by atoms with Crippen molar-refractivity contribution in [1.82, 2.24) is 10.2 Å². The van der Waals surface area contributed by atoms with E-state index in [1.165, 1.54) is 6.07 Å². The summed E-state index contributed by atoms with van der Waals surface area (Å²) in [7, 11) is 0. The number of nitro groups is 1. The van der Waals surface area contributed by atoms with Crippen molar-refractivity contribution in [2.24, 2.45) is 0 Å². The molecule has 2 rings (SSSR count). The number of amides is 1. The highest BCUT2D eigenvalue weighted by molar-refractivity contribution is 5.78. The second-order valence-corrected chi connectivity index (χ2v) is 4.85. The van der Waals surface area contributed by atoms with Crippen LogP contribution in [-0.2, 0) is 4.79 Å². The molecule has 1 N–H and O–H groups in total. The maximum absolute atomic E-state index is 13.4. The van der Waals surface area contributed by atoms with Crippen LogP contribution in [0.5, 0.6) is 5.75 Å². The van der Waals surface area contributed by atoms with Crippen LogP contribution in [0.2, 0.25) is 0 Å². The van der Waals surface area contributed by atoms with E-state index in [1.54, 1.807) is 4.90 Å². The van der Waals surface area contributed by atoms with Gasteiger partial charge in [-0.2, -0.15) is 4.39 Å². The summed E-state index contributed by atoms with van der Waals surface area (Å²) in [5, 5.41) is 13.7. The first-order valence-corrected chi connectivity index (χ1v) is 6.55. The van der Waals surface area contributed by atoms with Gasteiger partial charge in [-0.3, -0.25) is 14.9 Å². The Labute approximate surface area is 120 Å². The van der Waals surface area contributed by atoms with Crippen molar-refractivity contribution in [1.29, 1.82) is 0 Å². The number of nitrogens with zero attached hydrogens (tertiary/aromatic N) is 2.